The van der Waals surface area contributed by atoms with E-state index in [1.54, 1.807) is 0 Å². The molecule has 1 unspecified atom stereocenters. The molecule has 5 nitrogen and oxygen atoms in total. The Bertz CT molecular complexity index is 330. The SMILES string of the molecule is C[B]N1CCCC(c2noc(CNC)n2)C1. The van der Waals surface area contributed by atoms with Gasteiger partial charge in [-0.15, -0.1) is 0 Å². The number of hydrogen-bond donors (Lipinski definition) is 1. The molecule has 0 spiro atoms. The van der Waals surface area contributed by atoms with Gasteiger partial charge in [-0.1, -0.05) is 12.0 Å². The molecule has 87 valence electrons. The van der Waals surface area contributed by atoms with Crippen LogP contribution in [0.15, 0.2) is 4.52 Å². The fourth-order valence-corrected chi connectivity index (χ4v) is 2.11. The summed E-state index contributed by atoms with van der Waals surface area (Å²) in [5.74, 6) is 1.95. The standard InChI is InChI=1S/C10H18BN4O/c1-11-15-5-3-4-8(7-15)10-13-9(6-12-2)16-14-10/h8,12H,3-7H2,1-2H3. The summed E-state index contributed by atoms with van der Waals surface area (Å²) in [6, 6.07) is 0. The van der Waals surface area contributed by atoms with E-state index in [4.69, 9.17) is 4.52 Å². The molecule has 0 bridgehead atoms. The normalized spacial score (nSPS) is 22.2. The van der Waals surface area contributed by atoms with Crippen LogP contribution in [0.4, 0.5) is 0 Å². The van der Waals surface area contributed by atoms with Gasteiger partial charge in [-0.05, 0) is 33.0 Å². The summed E-state index contributed by atoms with van der Waals surface area (Å²) < 4.78 is 5.17. The number of nitrogens with zero attached hydrogens (tertiary/aromatic N) is 3. The van der Waals surface area contributed by atoms with E-state index in [1.807, 2.05) is 7.05 Å². The molecule has 1 radical (unpaired) electrons. The van der Waals surface area contributed by atoms with Crippen LogP contribution in [-0.2, 0) is 6.54 Å². The van der Waals surface area contributed by atoms with Crippen LogP contribution >= 0.6 is 0 Å². The monoisotopic (exact) mass is 221 g/mol. The number of aromatic nitrogens is 2. The van der Waals surface area contributed by atoms with Gasteiger partial charge in [0.25, 0.3) is 0 Å². The van der Waals surface area contributed by atoms with E-state index in [2.05, 4.69) is 34.5 Å². The lowest BCUT2D eigenvalue weighted by molar-refractivity contribution is 0.307. The summed E-state index contributed by atoms with van der Waals surface area (Å²) >= 11 is 0. The maximum absolute atomic E-state index is 5.17. The summed E-state index contributed by atoms with van der Waals surface area (Å²) in [7, 11) is 4.01. The molecule has 6 heteroatoms. The van der Waals surface area contributed by atoms with E-state index in [0.29, 0.717) is 18.4 Å². The Morgan fingerprint density at radius 3 is 3.25 bits per heavy atom. The van der Waals surface area contributed by atoms with Crippen molar-refractivity contribution >= 4 is 7.41 Å². The largest absolute Gasteiger partial charge is 0.346 e. The molecule has 1 atom stereocenters. The predicted octanol–water partition coefficient (Wildman–Crippen LogP) is 0.636. The van der Waals surface area contributed by atoms with Gasteiger partial charge in [0.1, 0.15) is 0 Å². The first-order valence-corrected chi connectivity index (χ1v) is 5.84. The summed E-state index contributed by atoms with van der Waals surface area (Å²) in [5.41, 5.74) is 0. The van der Waals surface area contributed by atoms with Crippen molar-refractivity contribution < 1.29 is 4.52 Å². The molecule has 0 aromatic carbocycles. The molecule has 1 saturated heterocycles. The third-order valence-corrected chi connectivity index (χ3v) is 2.99. The predicted molar refractivity (Wildman–Crippen MR) is 62.2 cm³/mol. The highest BCUT2D eigenvalue weighted by Crippen LogP contribution is 2.24. The van der Waals surface area contributed by atoms with Crippen LogP contribution < -0.4 is 5.32 Å². The van der Waals surface area contributed by atoms with E-state index in [1.165, 1.54) is 6.42 Å². The van der Waals surface area contributed by atoms with Crippen LogP contribution in [0.5, 0.6) is 0 Å². The Morgan fingerprint density at radius 1 is 1.62 bits per heavy atom. The van der Waals surface area contributed by atoms with Gasteiger partial charge >= 0.3 is 0 Å². The molecule has 2 rings (SSSR count). The zero-order valence-corrected chi connectivity index (χ0v) is 9.94. The van der Waals surface area contributed by atoms with E-state index in [9.17, 15) is 0 Å². The number of rotatable bonds is 4. The number of hydrogen-bond acceptors (Lipinski definition) is 5. The minimum absolute atomic E-state index is 0.416. The van der Waals surface area contributed by atoms with Crippen molar-refractivity contribution in [2.24, 2.45) is 0 Å². The molecule has 1 aromatic heterocycles. The van der Waals surface area contributed by atoms with Crippen LogP contribution in [0.2, 0.25) is 6.82 Å². The highest BCUT2D eigenvalue weighted by molar-refractivity contribution is 6.29. The number of nitrogens with one attached hydrogen (secondary N) is 1. The van der Waals surface area contributed by atoms with Crippen LogP contribution in [0.25, 0.3) is 0 Å². The van der Waals surface area contributed by atoms with E-state index in [0.717, 1.165) is 25.3 Å². The van der Waals surface area contributed by atoms with Gasteiger partial charge in [0, 0.05) is 5.92 Å². The smallest absolute Gasteiger partial charge is 0.240 e. The maximum Gasteiger partial charge on any atom is 0.240 e. The summed E-state index contributed by atoms with van der Waals surface area (Å²) in [5, 5.41) is 7.07. The van der Waals surface area contributed by atoms with Crippen molar-refractivity contribution in [1.29, 1.82) is 0 Å². The van der Waals surface area contributed by atoms with Gasteiger partial charge in [0.15, 0.2) is 5.82 Å². The van der Waals surface area contributed by atoms with Crippen LogP contribution in [-0.4, -0.2) is 42.5 Å². The van der Waals surface area contributed by atoms with Crippen molar-refractivity contribution in [1.82, 2.24) is 20.3 Å². The lowest BCUT2D eigenvalue weighted by atomic mass is 9.87. The highest BCUT2D eigenvalue weighted by Gasteiger charge is 2.24. The molecule has 1 fully saturated rings. The fraction of sp³-hybridized carbons (Fsp3) is 0.800. The van der Waals surface area contributed by atoms with Crippen LogP contribution in [0.1, 0.15) is 30.5 Å². The molecule has 1 aliphatic heterocycles. The zero-order chi connectivity index (χ0) is 11.4. The molecule has 1 aliphatic rings. The first-order valence-electron chi connectivity index (χ1n) is 5.84. The van der Waals surface area contributed by atoms with Crippen LogP contribution in [0.3, 0.4) is 0 Å². The lowest BCUT2D eigenvalue weighted by Crippen LogP contribution is -2.36. The highest BCUT2D eigenvalue weighted by atomic mass is 16.5. The van der Waals surface area contributed by atoms with Gasteiger partial charge in [-0.25, -0.2) is 0 Å². The second kappa shape index (κ2) is 5.45. The Hall–Kier alpha value is -0.875. The molecule has 16 heavy (non-hydrogen) atoms. The van der Waals surface area contributed by atoms with Crippen molar-refractivity contribution in [3.05, 3.63) is 11.7 Å². The summed E-state index contributed by atoms with van der Waals surface area (Å²) in [6.07, 6.45) is 2.35. The molecule has 1 N–H and O–H groups in total. The van der Waals surface area contributed by atoms with Crippen molar-refractivity contribution in [3.8, 4) is 0 Å². The second-order valence-corrected chi connectivity index (χ2v) is 4.17. The average Bonchev–Trinajstić information content (AvgIpc) is 2.78. The second-order valence-electron chi connectivity index (χ2n) is 4.17. The zero-order valence-electron chi connectivity index (χ0n) is 9.94. The lowest BCUT2D eigenvalue weighted by Gasteiger charge is -2.29. The van der Waals surface area contributed by atoms with E-state index < -0.39 is 0 Å². The van der Waals surface area contributed by atoms with Crippen LogP contribution in [0, 0.1) is 0 Å². The molecular weight excluding hydrogens is 203 g/mol. The van der Waals surface area contributed by atoms with Crippen molar-refractivity contribution in [3.63, 3.8) is 0 Å². The van der Waals surface area contributed by atoms with E-state index in [-0.39, 0.29) is 0 Å². The topological polar surface area (TPSA) is 54.2 Å². The minimum Gasteiger partial charge on any atom is -0.346 e. The van der Waals surface area contributed by atoms with E-state index >= 15 is 0 Å². The first kappa shape index (κ1) is 11.6. The van der Waals surface area contributed by atoms with Crippen molar-refractivity contribution in [2.45, 2.75) is 32.1 Å². The van der Waals surface area contributed by atoms with Gasteiger partial charge in [-0.2, -0.15) is 4.98 Å². The quantitative estimate of drug-likeness (QED) is 0.756. The average molecular weight is 221 g/mol. The molecule has 1 aromatic rings. The molecular formula is C10H18BN4O. The molecule has 2 heterocycles. The van der Waals surface area contributed by atoms with Gasteiger partial charge in [0.2, 0.25) is 13.3 Å². The number of piperidine rings is 1. The molecule has 0 aliphatic carbocycles. The third kappa shape index (κ3) is 2.62. The summed E-state index contributed by atoms with van der Waals surface area (Å²) in [6.45, 7) is 4.87. The van der Waals surface area contributed by atoms with Gasteiger partial charge in [0.05, 0.1) is 6.54 Å². The molecule has 0 saturated carbocycles. The Kier molecular flexibility index (Phi) is 3.95. The maximum atomic E-state index is 5.17. The Balaban J connectivity index is 1.99. The van der Waals surface area contributed by atoms with Crippen molar-refractivity contribution in [2.75, 3.05) is 20.1 Å². The van der Waals surface area contributed by atoms with Gasteiger partial charge < -0.3 is 14.7 Å². The Morgan fingerprint density at radius 2 is 2.50 bits per heavy atom. The summed E-state index contributed by atoms with van der Waals surface area (Å²) in [4.78, 5) is 6.73. The fourth-order valence-electron chi connectivity index (χ4n) is 2.11. The van der Waals surface area contributed by atoms with Gasteiger partial charge in [-0.3, -0.25) is 0 Å². The minimum atomic E-state index is 0.416. The first-order chi connectivity index (χ1) is 7.83. The third-order valence-electron chi connectivity index (χ3n) is 2.99. The Labute approximate surface area is 96.8 Å². The molecule has 0 amide bonds.